The lowest BCUT2D eigenvalue weighted by Gasteiger charge is -1.97. The molecule has 0 aliphatic carbocycles. The molecule has 9 heavy (non-hydrogen) atoms. The molecule has 0 radical (unpaired) electrons. The van der Waals surface area contributed by atoms with Gasteiger partial charge in [-0.25, -0.2) is 0 Å². The van der Waals surface area contributed by atoms with E-state index < -0.39 is 0 Å². The van der Waals surface area contributed by atoms with Gasteiger partial charge in [0.2, 0.25) is 0 Å². The molecule has 1 aliphatic heterocycles. The first-order chi connectivity index (χ1) is 4.50. The number of allylic oxidation sites excluding steroid dienone is 2. The predicted octanol–water partition coefficient (Wildman–Crippen LogP) is 1.10. The van der Waals surface area contributed by atoms with Crippen LogP contribution in [0.1, 0.15) is 0 Å². The van der Waals surface area contributed by atoms with Gasteiger partial charge >= 0.3 is 0 Å². The van der Waals surface area contributed by atoms with Gasteiger partial charge < -0.3 is 9.47 Å². The standard InChI is InChI=1S/C7H10O2/c1-2-4-6-9-7-8-5-3-1/h1-4H,5-7H2/b3-1-,4-2-. The second-order valence-electron chi connectivity index (χ2n) is 1.72. The number of rotatable bonds is 0. The largest absolute Gasteiger partial charge is 0.351 e. The molecule has 0 bridgehead atoms. The van der Waals surface area contributed by atoms with Crippen molar-refractivity contribution in [2.24, 2.45) is 0 Å². The highest BCUT2D eigenvalue weighted by molar-refractivity contribution is 5.02. The molecule has 0 aromatic carbocycles. The summed E-state index contributed by atoms with van der Waals surface area (Å²) >= 11 is 0. The van der Waals surface area contributed by atoms with Gasteiger partial charge in [0.05, 0.1) is 13.2 Å². The second kappa shape index (κ2) is 4.30. The van der Waals surface area contributed by atoms with E-state index in [-0.39, 0.29) is 0 Å². The van der Waals surface area contributed by atoms with Gasteiger partial charge in [0.25, 0.3) is 0 Å². The van der Waals surface area contributed by atoms with Crippen molar-refractivity contribution < 1.29 is 9.47 Å². The van der Waals surface area contributed by atoms with Crippen LogP contribution in [0.5, 0.6) is 0 Å². The molecule has 0 spiro atoms. The second-order valence-corrected chi connectivity index (χ2v) is 1.72. The van der Waals surface area contributed by atoms with Crippen LogP contribution in [-0.4, -0.2) is 20.0 Å². The van der Waals surface area contributed by atoms with Crippen molar-refractivity contribution in [2.75, 3.05) is 20.0 Å². The maximum Gasteiger partial charge on any atom is 0.147 e. The molecule has 0 fully saturated rings. The van der Waals surface area contributed by atoms with Crippen molar-refractivity contribution in [3.8, 4) is 0 Å². The fourth-order valence-corrected chi connectivity index (χ4v) is 0.559. The van der Waals surface area contributed by atoms with Crippen LogP contribution in [0.3, 0.4) is 0 Å². The van der Waals surface area contributed by atoms with E-state index >= 15 is 0 Å². The lowest BCUT2D eigenvalue weighted by atomic mass is 10.4. The van der Waals surface area contributed by atoms with E-state index in [9.17, 15) is 0 Å². The Hall–Kier alpha value is -0.600. The fourth-order valence-electron chi connectivity index (χ4n) is 0.559. The van der Waals surface area contributed by atoms with E-state index in [0.717, 1.165) is 0 Å². The van der Waals surface area contributed by atoms with Gasteiger partial charge in [-0.15, -0.1) is 0 Å². The Morgan fingerprint density at radius 3 is 2.00 bits per heavy atom. The van der Waals surface area contributed by atoms with Crippen molar-refractivity contribution >= 4 is 0 Å². The molecular weight excluding hydrogens is 116 g/mol. The average Bonchev–Trinajstić information content (AvgIpc) is 2.00. The van der Waals surface area contributed by atoms with Crippen molar-refractivity contribution in [3.63, 3.8) is 0 Å². The first-order valence-electron chi connectivity index (χ1n) is 2.97. The summed E-state index contributed by atoms with van der Waals surface area (Å²) in [5, 5.41) is 0. The van der Waals surface area contributed by atoms with Gasteiger partial charge in [-0.3, -0.25) is 0 Å². The van der Waals surface area contributed by atoms with E-state index in [4.69, 9.17) is 9.47 Å². The average molecular weight is 126 g/mol. The molecule has 1 heterocycles. The van der Waals surface area contributed by atoms with Crippen molar-refractivity contribution in [1.82, 2.24) is 0 Å². The van der Waals surface area contributed by atoms with E-state index in [1.807, 2.05) is 24.3 Å². The Balaban J connectivity index is 2.28. The minimum Gasteiger partial charge on any atom is -0.351 e. The zero-order chi connectivity index (χ0) is 6.36. The molecule has 0 saturated carbocycles. The van der Waals surface area contributed by atoms with Gasteiger partial charge in [-0.05, 0) is 0 Å². The Morgan fingerprint density at radius 2 is 1.44 bits per heavy atom. The van der Waals surface area contributed by atoms with E-state index in [2.05, 4.69) is 0 Å². The summed E-state index contributed by atoms with van der Waals surface area (Å²) in [4.78, 5) is 0. The molecule has 0 amide bonds. The van der Waals surface area contributed by atoms with E-state index in [1.54, 1.807) is 0 Å². The Labute approximate surface area is 54.8 Å². The lowest BCUT2D eigenvalue weighted by Crippen LogP contribution is -1.98. The molecular formula is C7H10O2. The number of hydrogen-bond donors (Lipinski definition) is 0. The van der Waals surface area contributed by atoms with Gasteiger partial charge in [-0.1, -0.05) is 24.3 Å². The minimum atomic E-state index is 0.397. The maximum absolute atomic E-state index is 5.01. The highest BCUT2D eigenvalue weighted by Crippen LogP contribution is 1.86. The fraction of sp³-hybridized carbons (Fsp3) is 0.429. The molecule has 1 aliphatic rings. The SMILES string of the molecule is C1=C\COCOC\C=C/1. The monoisotopic (exact) mass is 126 g/mol. The van der Waals surface area contributed by atoms with Crippen LogP contribution in [0.25, 0.3) is 0 Å². The van der Waals surface area contributed by atoms with Crippen LogP contribution in [0.2, 0.25) is 0 Å². The summed E-state index contributed by atoms with van der Waals surface area (Å²) in [6.07, 6.45) is 7.81. The summed E-state index contributed by atoms with van der Waals surface area (Å²) in [7, 11) is 0. The van der Waals surface area contributed by atoms with Crippen LogP contribution >= 0.6 is 0 Å². The van der Waals surface area contributed by atoms with Crippen molar-refractivity contribution in [2.45, 2.75) is 0 Å². The predicted molar refractivity (Wildman–Crippen MR) is 35.1 cm³/mol. The third-order valence-corrected chi connectivity index (χ3v) is 0.978. The van der Waals surface area contributed by atoms with Crippen LogP contribution in [-0.2, 0) is 9.47 Å². The molecule has 50 valence electrons. The van der Waals surface area contributed by atoms with Gasteiger partial charge in [0.1, 0.15) is 6.79 Å². The molecule has 0 unspecified atom stereocenters. The van der Waals surface area contributed by atoms with Gasteiger partial charge in [0.15, 0.2) is 0 Å². The smallest absolute Gasteiger partial charge is 0.147 e. The summed E-state index contributed by atoms with van der Waals surface area (Å²) in [6, 6.07) is 0. The first kappa shape index (κ1) is 6.52. The van der Waals surface area contributed by atoms with Crippen molar-refractivity contribution in [1.29, 1.82) is 0 Å². The molecule has 0 atom stereocenters. The van der Waals surface area contributed by atoms with Gasteiger partial charge in [0, 0.05) is 0 Å². The van der Waals surface area contributed by atoms with Gasteiger partial charge in [-0.2, -0.15) is 0 Å². The summed E-state index contributed by atoms with van der Waals surface area (Å²) in [6.45, 7) is 1.68. The Morgan fingerprint density at radius 1 is 0.889 bits per heavy atom. The van der Waals surface area contributed by atoms with Crippen molar-refractivity contribution in [3.05, 3.63) is 24.3 Å². The molecule has 0 aromatic heterocycles. The normalized spacial score (nSPS) is 27.6. The molecule has 2 nitrogen and oxygen atoms in total. The quantitative estimate of drug-likeness (QED) is 0.484. The summed E-state index contributed by atoms with van der Waals surface area (Å²) in [5.74, 6) is 0. The van der Waals surface area contributed by atoms with Crippen LogP contribution in [0, 0.1) is 0 Å². The van der Waals surface area contributed by atoms with E-state index in [1.165, 1.54) is 0 Å². The first-order valence-corrected chi connectivity index (χ1v) is 2.97. The molecule has 0 N–H and O–H groups in total. The molecule has 0 saturated heterocycles. The third kappa shape index (κ3) is 3.06. The number of hydrogen-bond acceptors (Lipinski definition) is 2. The summed E-state index contributed by atoms with van der Waals surface area (Å²) in [5.41, 5.74) is 0. The maximum atomic E-state index is 5.01. The lowest BCUT2D eigenvalue weighted by molar-refractivity contribution is -0.0327. The zero-order valence-corrected chi connectivity index (χ0v) is 5.25. The molecule has 2 heteroatoms. The molecule has 0 aromatic rings. The molecule has 1 rings (SSSR count). The highest BCUT2D eigenvalue weighted by Gasteiger charge is 1.83. The topological polar surface area (TPSA) is 18.5 Å². The minimum absolute atomic E-state index is 0.397. The summed E-state index contributed by atoms with van der Waals surface area (Å²) < 4.78 is 10.0. The zero-order valence-electron chi connectivity index (χ0n) is 5.25. The van der Waals surface area contributed by atoms with E-state index in [0.29, 0.717) is 20.0 Å². The van der Waals surface area contributed by atoms with Crippen LogP contribution in [0.15, 0.2) is 24.3 Å². The highest BCUT2D eigenvalue weighted by atomic mass is 16.7. The Kier molecular flexibility index (Phi) is 3.11. The van der Waals surface area contributed by atoms with Crippen LogP contribution in [0.4, 0.5) is 0 Å². The third-order valence-electron chi connectivity index (χ3n) is 0.978. The number of ether oxygens (including phenoxy) is 2. The Bertz CT molecular complexity index is 102. The van der Waals surface area contributed by atoms with Crippen LogP contribution < -0.4 is 0 Å².